The van der Waals surface area contributed by atoms with Gasteiger partial charge < -0.3 is 0 Å². The van der Waals surface area contributed by atoms with Crippen molar-refractivity contribution in [2.45, 2.75) is 31.0 Å². The summed E-state index contributed by atoms with van der Waals surface area (Å²) in [5.41, 5.74) is 0. The minimum Gasteiger partial charge on any atom is -0.232 e. The molecule has 0 N–H and O–H groups in total. The number of aryl methyl sites for hydroxylation is 1. The van der Waals surface area contributed by atoms with E-state index in [1.165, 1.54) is 0 Å². The van der Waals surface area contributed by atoms with Crippen LogP contribution in [0, 0.1) is 0 Å². The Kier molecular flexibility index (Phi) is 3.20. The lowest BCUT2D eigenvalue weighted by atomic mass is 10.1. The van der Waals surface area contributed by atoms with Crippen molar-refractivity contribution in [2.24, 2.45) is 7.05 Å². The van der Waals surface area contributed by atoms with E-state index in [-0.39, 0.29) is 0 Å². The second kappa shape index (κ2) is 3.98. The molecule has 0 saturated heterocycles. The van der Waals surface area contributed by atoms with Gasteiger partial charge in [0.05, 0.1) is 0 Å². The standard InChI is InChI=1S/C7H13BrN4/c1-4-6(8)5(2)7-9-10-11-12(7)3/h5-6H,4H2,1-3H3. The highest BCUT2D eigenvalue weighted by Crippen LogP contribution is 2.23. The average Bonchev–Trinajstić information content (AvgIpc) is 2.48. The van der Waals surface area contributed by atoms with Crippen molar-refractivity contribution in [3.8, 4) is 0 Å². The summed E-state index contributed by atoms with van der Waals surface area (Å²) in [7, 11) is 1.86. The number of alkyl halides is 1. The summed E-state index contributed by atoms with van der Waals surface area (Å²) in [4.78, 5) is 0.446. The summed E-state index contributed by atoms with van der Waals surface area (Å²) in [6, 6.07) is 0. The third-order valence-electron chi connectivity index (χ3n) is 1.99. The molecule has 4 nitrogen and oxygen atoms in total. The Morgan fingerprint density at radius 3 is 2.67 bits per heavy atom. The summed E-state index contributed by atoms with van der Waals surface area (Å²) in [6.45, 7) is 4.26. The first kappa shape index (κ1) is 9.64. The van der Waals surface area contributed by atoms with Gasteiger partial charge in [0.1, 0.15) is 0 Å². The predicted octanol–water partition coefficient (Wildman–Crippen LogP) is 1.49. The maximum absolute atomic E-state index is 3.96. The molecule has 1 heterocycles. The molecule has 2 unspecified atom stereocenters. The van der Waals surface area contributed by atoms with Crippen LogP contribution in [-0.4, -0.2) is 25.0 Å². The maximum atomic E-state index is 3.96. The maximum Gasteiger partial charge on any atom is 0.154 e. The monoisotopic (exact) mass is 232 g/mol. The number of halogens is 1. The molecule has 68 valence electrons. The summed E-state index contributed by atoms with van der Waals surface area (Å²) in [6.07, 6.45) is 1.08. The van der Waals surface area contributed by atoms with Crippen molar-refractivity contribution in [1.82, 2.24) is 20.2 Å². The Bertz CT molecular complexity index is 247. The topological polar surface area (TPSA) is 43.6 Å². The van der Waals surface area contributed by atoms with Crippen LogP contribution in [0.4, 0.5) is 0 Å². The van der Waals surface area contributed by atoms with Crippen molar-refractivity contribution in [3.05, 3.63) is 5.82 Å². The lowest BCUT2D eigenvalue weighted by Gasteiger charge is -2.13. The largest absolute Gasteiger partial charge is 0.232 e. The molecular formula is C7H13BrN4. The van der Waals surface area contributed by atoms with Gasteiger partial charge in [0.15, 0.2) is 5.82 Å². The van der Waals surface area contributed by atoms with Crippen LogP contribution in [-0.2, 0) is 7.05 Å². The quantitative estimate of drug-likeness (QED) is 0.743. The highest BCUT2D eigenvalue weighted by atomic mass is 79.9. The summed E-state index contributed by atoms with van der Waals surface area (Å²) in [5, 5.41) is 11.3. The fraction of sp³-hybridized carbons (Fsp3) is 0.857. The number of hydrogen-bond acceptors (Lipinski definition) is 3. The van der Waals surface area contributed by atoms with Crippen LogP contribution >= 0.6 is 15.9 Å². The Morgan fingerprint density at radius 1 is 1.58 bits per heavy atom. The summed E-state index contributed by atoms with van der Waals surface area (Å²) >= 11 is 3.59. The third kappa shape index (κ3) is 1.83. The zero-order valence-electron chi connectivity index (χ0n) is 7.53. The van der Waals surface area contributed by atoms with Crippen LogP contribution in [0.25, 0.3) is 0 Å². The second-order valence-electron chi connectivity index (χ2n) is 2.87. The fourth-order valence-electron chi connectivity index (χ4n) is 1.14. The zero-order chi connectivity index (χ0) is 9.14. The van der Waals surface area contributed by atoms with Crippen molar-refractivity contribution in [2.75, 3.05) is 0 Å². The molecule has 1 aromatic heterocycles. The van der Waals surface area contributed by atoms with Crippen LogP contribution in [0.15, 0.2) is 0 Å². The lowest BCUT2D eigenvalue weighted by Crippen LogP contribution is -2.13. The Hall–Kier alpha value is -0.450. The van der Waals surface area contributed by atoms with Crippen molar-refractivity contribution in [1.29, 1.82) is 0 Å². The van der Waals surface area contributed by atoms with Crippen molar-refractivity contribution < 1.29 is 0 Å². The number of hydrogen-bond donors (Lipinski definition) is 0. The van der Waals surface area contributed by atoms with Gasteiger partial charge in [-0.1, -0.05) is 29.8 Å². The van der Waals surface area contributed by atoms with Crippen molar-refractivity contribution >= 4 is 15.9 Å². The van der Waals surface area contributed by atoms with E-state index >= 15 is 0 Å². The molecule has 2 atom stereocenters. The van der Waals surface area contributed by atoms with Crippen LogP contribution in [0.1, 0.15) is 32.0 Å². The highest BCUT2D eigenvalue weighted by Gasteiger charge is 2.18. The molecule has 0 fully saturated rings. The first-order chi connectivity index (χ1) is 5.66. The molecule has 0 amide bonds. The Morgan fingerprint density at radius 2 is 2.25 bits per heavy atom. The molecule has 0 aromatic carbocycles. The van der Waals surface area contributed by atoms with Crippen LogP contribution in [0.2, 0.25) is 0 Å². The molecule has 12 heavy (non-hydrogen) atoms. The number of nitrogens with zero attached hydrogens (tertiary/aromatic N) is 4. The van der Waals surface area contributed by atoms with Gasteiger partial charge in [0, 0.05) is 17.8 Å². The first-order valence-electron chi connectivity index (χ1n) is 4.03. The summed E-state index contributed by atoms with van der Waals surface area (Å²) < 4.78 is 1.72. The molecule has 0 bridgehead atoms. The minimum atomic E-state index is 0.356. The molecule has 1 aromatic rings. The molecule has 0 spiro atoms. The van der Waals surface area contributed by atoms with E-state index in [1.807, 2.05) is 7.05 Å². The molecule has 0 radical (unpaired) electrons. The van der Waals surface area contributed by atoms with Gasteiger partial charge in [-0.05, 0) is 16.8 Å². The van der Waals surface area contributed by atoms with Gasteiger partial charge in [0.2, 0.25) is 0 Å². The fourth-order valence-corrected chi connectivity index (χ4v) is 1.37. The van der Waals surface area contributed by atoms with E-state index in [0.717, 1.165) is 12.2 Å². The van der Waals surface area contributed by atoms with Crippen LogP contribution in [0.5, 0.6) is 0 Å². The minimum absolute atomic E-state index is 0.356. The third-order valence-corrected chi connectivity index (χ3v) is 3.43. The number of aromatic nitrogens is 4. The van der Waals surface area contributed by atoms with E-state index < -0.39 is 0 Å². The van der Waals surface area contributed by atoms with Gasteiger partial charge in [-0.15, -0.1) is 5.10 Å². The molecule has 0 saturated carbocycles. The molecule has 1 rings (SSSR count). The van der Waals surface area contributed by atoms with Crippen molar-refractivity contribution in [3.63, 3.8) is 0 Å². The Balaban J connectivity index is 2.77. The van der Waals surface area contributed by atoms with E-state index in [2.05, 4.69) is 45.3 Å². The van der Waals surface area contributed by atoms with Gasteiger partial charge in [-0.25, -0.2) is 4.68 Å². The van der Waals surface area contributed by atoms with E-state index in [4.69, 9.17) is 0 Å². The molecule has 0 aliphatic rings. The number of rotatable bonds is 3. The van der Waals surface area contributed by atoms with Gasteiger partial charge in [0.25, 0.3) is 0 Å². The van der Waals surface area contributed by atoms with E-state index in [1.54, 1.807) is 4.68 Å². The van der Waals surface area contributed by atoms with E-state index in [0.29, 0.717) is 10.7 Å². The van der Waals surface area contributed by atoms with Crippen LogP contribution in [0.3, 0.4) is 0 Å². The molecule has 0 aliphatic carbocycles. The molecular weight excluding hydrogens is 220 g/mol. The molecule has 0 aliphatic heterocycles. The smallest absolute Gasteiger partial charge is 0.154 e. The zero-order valence-corrected chi connectivity index (χ0v) is 9.11. The van der Waals surface area contributed by atoms with E-state index in [9.17, 15) is 0 Å². The SMILES string of the molecule is CCC(Br)C(C)c1nnnn1C. The second-order valence-corrected chi connectivity index (χ2v) is 4.05. The average molecular weight is 233 g/mol. The van der Waals surface area contributed by atoms with Crippen LogP contribution < -0.4 is 0 Å². The predicted molar refractivity (Wildman–Crippen MR) is 50.2 cm³/mol. The van der Waals surface area contributed by atoms with Gasteiger partial charge in [-0.3, -0.25) is 0 Å². The normalized spacial score (nSPS) is 16.0. The Labute approximate surface area is 80.5 Å². The highest BCUT2D eigenvalue weighted by molar-refractivity contribution is 9.09. The molecule has 5 heteroatoms. The number of tetrazole rings is 1. The van der Waals surface area contributed by atoms with Gasteiger partial charge in [-0.2, -0.15) is 0 Å². The lowest BCUT2D eigenvalue weighted by molar-refractivity contribution is 0.595. The first-order valence-corrected chi connectivity index (χ1v) is 4.94. The van der Waals surface area contributed by atoms with Gasteiger partial charge >= 0.3 is 0 Å². The summed E-state index contributed by atoms with van der Waals surface area (Å²) in [5.74, 6) is 1.29.